The van der Waals surface area contributed by atoms with E-state index in [4.69, 9.17) is 10.7 Å². The van der Waals surface area contributed by atoms with E-state index in [1.807, 2.05) is 6.92 Å². The van der Waals surface area contributed by atoms with Gasteiger partial charge in [0.2, 0.25) is 0 Å². The maximum atomic E-state index is 12.1. The van der Waals surface area contributed by atoms with Gasteiger partial charge < -0.3 is 5.32 Å². The minimum Gasteiger partial charge on any atom is -0.350 e. The van der Waals surface area contributed by atoms with E-state index in [-0.39, 0.29) is 16.2 Å². The number of nitrogens with one attached hydrogen (secondary N) is 1. The lowest BCUT2D eigenvalue weighted by atomic mass is 10.1. The van der Waals surface area contributed by atoms with E-state index in [1.54, 1.807) is 12.3 Å². The first-order chi connectivity index (χ1) is 8.79. The van der Waals surface area contributed by atoms with Crippen molar-refractivity contribution in [2.75, 3.05) is 0 Å². The van der Waals surface area contributed by atoms with Gasteiger partial charge >= 0.3 is 0 Å². The molecule has 7 heteroatoms. The number of hydrogen-bond acceptors (Lipinski definition) is 4. The first-order valence-corrected chi connectivity index (χ1v) is 9.31. The lowest BCUT2D eigenvalue weighted by Gasteiger charge is -2.13. The van der Waals surface area contributed by atoms with Gasteiger partial charge in [-0.15, -0.1) is 11.3 Å². The minimum atomic E-state index is -3.77. The average Bonchev–Trinajstić information content (AvgIpc) is 2.96. The molecule has 4 nitrogen and oxygen atoms in total. The van der Waals surface area contributed by atoms with Crippen LogP contribution in [0.3, 0.4) is 0 Å². The van der Waals surface area contributed by atoms with Gasteiger partial charge in [0.1, 0.15) is 4.21 Å². The third kappa shape index (κ3) is 3.70. The maximum absolute atomic E-state index is 12.1. The molecular formula is C12H16ClNO3S2. The number of halogens is 1. The van der Waals surface area contributed by atoms with Crippen LogP contribution in [-0.2, 0) is 9.05 Å². The third-order valence-corrected chi connectivity index (χ3v) is 6.53. The number of amides is 1. The molecule has 1 fully saturated rings. The van der Waals surface area contributed by atoms with E-state index < -0.39 is 9.05 Å². The Bertz CT molecular complexity index is 590. The number of carbonyl (C=O) groups is 1. The molecule has 1 aliphatic carbocycles. The Morgan fingerprint density at radius 1 is 1.58 bits per heavy atom. The van der Waals surface area contributed by atoms with Gasteiger partial charge in [-0.2, -0.15) is 0 Å². The third-order valence-electron chi connectivity index (χ3n) is 3.22. The highest BCUT2D eigenvalue weighted by Gasteiger charge is 2.26. The van der Waals surface area contributed by atoms with Gasteiger partial charge in [0.15, 0.2) is 0 Å². The number of rotatable bonds is 5. The topological polar surface area (TPSA) is 63.2 Å². The number of hydrogen-bond donors (Lipinski definition) is 1. The number of thiophene rings is 1. The zero-order valence-electron chi connectivity index (χ0n) is 10.8. The predicted octanol–water partition coefficient (Wildman–Crippen LogP) is 2.90. The Hall–Kier alpha value is -0.590. The van der Waals surface area contributed by atoms with Crippen LogP contribution in [-0.4, -0.2) is 20.4 Å². The summed E-state index contributed by atoms with van der Waals surface area (Å²) < 4.78 is 22.7. The molecule has 1 heterocycles. The smallest absolute Gasteiger partial charge is 0.271 e. The van der Waals surface area contributed by atoms with Gasteiger partial charge in [-0.3, -0.25) is 4.79 Å². The normalized spacial score (nSPS) is 17.2. The maximum Gasteiger partial charge on any atom is 0.271 e. The van der Waals surface area contributed by atoms with Crippen molar-refractivity contribution in [3.63, 3.8) is 0 Å². The van der Waals surface area contributed by atoms with Crippen molar-refractivity contribution in [2.45, 2.75) is 43.4 Å². The summed E-state index contributed by atoms with van der Waals surface area (Å²) in [6.45, 7) is 3.57. The zero-order valence-corrected chi connectivity index (χ0v) is 13.2. The van der Waals surface area contributed by atoms with Gasteiger partial charge in [0.25, 0.3) is 15.0 Å². The number of carbonyl (C=O) groups excluding carboxylic acids is 1. The molecule has 0 saturated heterocycles. The van der Waals surface area contributed by atoms with Gasteiger partial charge in [-0.05, 0) is 31.7 Å². The molecule has 1 saturated carbocycles. The summed E-state index contributed by atoms with van der Waals surface area (Å²) in [5.74, 6) is 0.506. The fourth-order valence-electron chi connectivity index (χ4n) is 2.08. The molecule has 1 N–H and O–H groups in total. The van der Waals surface area contributed by atoms with Crippen LogP contribution in [0.5, 0.6) is 0 Å². The van der Waals surface area contributed by atoms with Crippen LogP contribution in [0, 0.1) is 12.8 Å². The predicted molar refractivity (Wildman–Crippen MR) is 76.4 cm³/mol. The molecule has 106 valence electrons. The highest BCUT2D eigenvalue weighted by atomic mass is 35.7. The molecule has 1 amide bonds. The minimum absolute atomic E-state index is 0.0502. The van der Waals surface area contributed by atoms with E-state index in [0.29, 0.717) is 11.1 Å². The van der Waals surface area contributed by atoms with Crippen LogP contribution >= 0.6 is 22.0 Å². The standard InChI is InChI=1S/C12H16ClNO3S2/c1-7(5-9-3-4-9)14-11(15)10-6-18-12(8(10)2)19(13,16)17/h6-7,9H,3-5H2,1-2H3,(H,14,15). The Morgan fingerprint density at radius 3 is 2.68 bits per heavy atom. The van der Waals surface area contributed by atoms with Gasteiger partial charge in [0, 0.05) is 22.1 Å². The molecule has 0 aromatic carbocycles. The molecule has 1 atom stereocenters. The lowest BCUT2D eigenvalue weighted by Crippen LogP contribution is -2.33. The summed E-state index contributed by atoms with van der Waals surface area (Å²) >= 11 is 0.984. The van der Waals surface area contributed by atoms with Crippen molar-refractivity contribution in [1.82, 2.24) is 5.32 Å². The molecule has 0 radical (unpaired) electrons. The van der Waals surface area contributed by atoms with Crippen molar-refractivity contribution >= 4 is 37.0 Å². The second kappa shape index (κ2) is 5.42. The van der Waals surface area contributed by atoms with E-state index in [0.717, 1.165) is 23.7 Å². The molecule has 1 unspecified atom stereocenters. The van der Waals surface area contributed by atoms with E-state index in [1.165, 1.54) is 12.8 Å². The van der Waals surface area contributed by atoms with E-state index in [9.17, 15) is 13.2 Å². The molecule has 2 rings (SSSR count). The SMILES string of the molecule is Cc1c(C(=O)NC(C)CC2CC2)csc1S(=O)(=O)Cl. The van der Waals surface area contributed by atoms with Crippen LogP contribution in [0.2, 0.25) is 0 Å². The summed E-state index contributed by atoms with van der Waals surface area (Å²) in [5.41, 5.74) is 0.822. The zero-order chi connectivity index (χ0) is 14.2. The highest BCUT2D eigenvalue weighted by Crippen LogP contribution is 2.33. The molecule has 1 aromatic heterocycles. The molecule has 0 bridgehead atoms. The average molecular weight is 322 g/mol. The second-order valence-corrected chi connectivity index (χ2v) is 8.69. The van der Waals surface area contributed by atoms with Gasteiger partial charge in [-0.1, -0.05) is 12.8 Å². The van der Waals surface area contributed by atoms with Crippen LogP contribution in [0.15, 0.2) is 9.59 Å². The fraction of sp³-hybridized carbons (Fsp3) is 0.583. The van der Waals surface area contributed by atoms with Crippen LogP contribution in [0.1, 0.15) is 42.1 Å². The Morgan fingerprint density at radius 2 is 2.21 bits per heavy atom. The Labute approximate surface area is 121 Å². The first-order valence-electron chi connectivity index (χ1n) is 6.12. The van der Waals surface area contributed by atoms with Crippen molar-refractivity contribution in [3.05, 3.63) is 16.5 Å². The molecule has 0 aliphatic heterocycles. The second-order valence-electron chi connectivity index (χ2n) is 5.05. The summed E-state index contributed by atoms with van der Waals surface area (Å²) in [4.78, 5) is 12.1. The van der Waals surface area contributed by atoms with Crippen molar-refractivity contribution in [1.29, 1.82) is 0 Å². The van der Waals surface area contributed by atoms with Crippen molar-refractivity contribution in [3.8, 4) is 0 Å². The molecule has 1 aromatic rings. The fourth-order valence-corrected chi connectivity index (χ4v) is 4.63. The first kappa shape index (κ1) is 14.8. The largest absolute Gasteiger partial charge is 0.350 e. The molecule has 1 aliphatic rings. The summed E-state index contributed by atoms with van der Waals surface area (Å²) in [5, 5.41) is 4.45. The van der Waals surface area contributed by atoms with Crippen LogP contribution < -0.4 is 5.32 Å². The van der Waals surface area contributed by atoms with Crippen molar-refractivity contribution in [2.24, 2.45) is 5.92 Å². The summed E-state index contributed by atoms with van der Waals surface area (Å²) in [6, 6.07) is 0.107. The Balaban J connectivity index is 2.08. The molecule has 19 heavy (non-hydrogen) atoms. The lowest BCUT2D eigenvalue weighted by molar-refractivity contribution is 0.0937. The summed E-state index contributed by atoms with van der Waals surface area (Å²) in [7, 11) is 1.54. The van der Waals surface area contributed by atoms with E-state index in [2.05, 4.69) is 5.32 Å². The van der Waals surface area contributed by atoms with Gasteiger partial charge in [0.05, 0.1) is 5.56 Å². The van der Waals surface area contributed by atoms with E-state index >= 15 is 0 Å². The van der Waals surface area contributed by atoms with Crippen LogP contribution in [0.25, 0.3) is 0 Å². The summed E-state index contributed by atoms with van der Waals surface area (Å²) in [6.07, 6.45) is 3.47. The quantitative estimate of drug-likeness (QED) is 0.848. The van der Waals surface area contributed by atoms with Gasteiger partial charge in [-0.25, -0.2) is 8.42 Å². The monoisotopic (exact) mass is 321 g/mol. The Kier molecular flexibility index (Phi) is 4.23. The van der Waals surface area contributed by atoms with Crippen molar-refractivity contribution < 1.29 is 13.2 Å². The van der Waals surface area contributed by atoms with Crippen LogP contribution in [0.4, 0.5) is 0 Å². The molecular weight excluding hydrogens is 306 g/mol. The molecule has 0 spiro atoms. The highest BCUT2D eigenvalue weighted by molar-refractivity contribution is 8.15.